The molecule has 2 unspecified atom stereocenters. The number of nitriles is 1. The number of nitrogens with two attached hydrogens (primary N) is 1. The number of benzene rings is 1. The number of hydrogen-bond donors (Lipinski definition) is 1. The molecule has 1 aliphatic rings. The highest BCUT2D eigenvalue weighted by molar-refractivity contribution is 7.89. The molecule has 1 aromatic carbocycles. The Labute approximate surface area is 130 Å². The molecule has 1 aromatic rings. The highest BCUT2D eigenvalue weighted by Crippen LogP contribution is 2.30. The van der Waals surface area contributed by atoms with Gasteiger partial charge in [-0.15, -0.1) is 0 Å². The Balaban J connectivity index is 2.37. The lowest BCUT2D eigenvalue weighted by atomic mass is 9.88. The van der Waals surface area contributed by atoms with E-state index in [1.807, 2.05) is 6.07 Å². The van der Waals surface area contributed by atoms with Gasteiger partial charge >= 0.3 is 0 Å². The second kappa shape index (κ2) is 6.32. The quantitative estimate of drug-likeness (QED) is 0.917. The van der Waals surface area contributed by atoms with Crippen LogP contribution in [0.1, 0.15) is 18.9 Å². The van der Waals surface area contributed by atoms with Gasteiger partial charge in [0.25, 0.3) is 0 Å². The zero-order valence-electron chi connectivity index (χ0n) is 11.8. The summed E-state index contributed by atoms with van der Waals surface area (Å²) in [5, 5.41) is 9.06. The summed E-state index contributed by atoms with van der Waals surface area (Å²) < 4.78 is 26.9. The second-order valence-corrected chi connectivity index (χ2v) is 7.70. The number of hydrogen-bond acceptors (Lipinski definition) is 4. The van der Waals surface area contributed by atoms with Crippen LogP contribution in [0.2, 0.25) is 5.02 Å². The van der Waals surface area contributed by atoms with Gasteiger partial charge in [-0.25, -0.2) is 8.42 Å². The Hall–Kier alpha value is -1.13. The minimum atomic E-state index is -3.70. The third-order valence-corrected chi connectivity index (χ3v) is 6.40. The van der Waals surface area contributed by atoms with E-state index >= 15 is 0 Å². The normalized spacial score (nSPS) is 23.7. The summed E-state index contributed by atoms with van der Waals surface area (Å²) in [6.45, 7) is 3.39. The zero-order chi connectivity index (χ0) is 15.6. The monoisotopic (exact) mass is 327 g/mol. The van der Waals surface area contributed by atoms with Crippen molar-refractivity contribution in [1.29, 1.82) is 5.26 Å². The summed E-state index contributed by atoms with van der Waals surface area (Å²) in [5.74, 6) is 0.550. The van der Waals surface area contributed by atoms with E-state index in [2.05, 4.69) is 6.92 Å². The van der Waals surface area contributed by atoms with Gasteiger partial charge in [-0.2, -0.15) is 9.57 Å². The van der Waals surface area contributed by atoms with E-state index in [9.17, 15) is 8.42 Å². The second-order valence-electron chi connectivity index (χ2n) is 5.38. The fourth-order valence-electron chi connectivity index (χ4n) is 2.55. The SMILES string of the molecule is CC1CCN(S(=O)(=O)c2cc(C#N)ccc2Cl)CC1CN. The summed E-state index contributed by atoms with van der Waals surface area (Å²) in [4.78, 5) is -0.00598. The molecule has 1 aliphatic heterocycles. The van der Waals surface area contributed by atoms with E-state index in [4.69, 9.17) is 22.6 Å². The molecule has 0 amide bonds. The first-order valence-corrected chi connectivity index (χ1v) is 8.61. The van der Waals surface area contributed by atoms with Crippen LogP contribution in [-0.2, 0) is 10.0 Å². The number of sulfonamides is 1. The van der Waals surface area contributed by atoms with Gasteiger partial charge in [0.1, 0.15) is 4.90 Å². The summed E-state index contributed by atoms with van der Waals surface area (Å²) >= 11 is 6.02. The maximum Gasteiger partial charge on any atom is 0.244 e. The molecule has 1 heterocycles. The van der Waals surface area contributed by atoms with Crippen LogP contribution in [0.4, 0.5) is 0 Å². The molecular weight excluding hydrogens is 310 g/mol. The van der Waals surface area contributed by atoms with Crippen molar-refractivity contribution >= 4 is 21.6 Å². The van der Waals surface area contributed by atoms with Crippen LogP contribution in [0.3, 0.4) is 0 Å². The molecule has 0 bridgehead atoms. The molecule has 5 nitrogen and oxygen atoms in total. The van der Waals surface area contributed by atoms with Crippen LogP contribution in [0.25, 0.3) is 0 Å². The fraction of sp³-hybridized carbons (Fsp3) is 0.500. The smallest absolute Gasteiger partial charge is 0.244 e. The number of rotatable bonds is 3. The Bertz CT molecular complexity index is 669. The van der Waals surface area contributed by atoms with Gasteiger partial charge in [0.15, 0.2) is 0 Å². The third-order valence-electron chi connectivity index (χ3n) is 4.06. The van der Waals surface area contributed by atoms with Crippen LogP contribution in [0.5, 0.6) is 0 Å². The van der Waals surface area contributed by atoms with E-state index in [0.717, 1.165) is 6.42 Å². The lowest BCUT2D eigenvalue weighted by molar-refractivity contribution is 0.203. The Morgan fingerprint density at radius 2 is 2.24 bits per heavy atom. The van der Waals surface area contributed by atoms with Crippen molar-refractivity contribution in [2.45, 2.75) is 18.2 Å². The van der Waals surface area contributed by atoms with E-state index in [1.54, 1.807) is 0 Å². The highest BCUT2D eigenvalue weighted by Gasteiger charge is 2.34. The highest BCUT2D eigenvalue weighted by atomic mass is 35.5. The van der Waals surface area contributed by atoms with Crippen LogP contribution in [0.15, 0.2) is 23.1 Å². The third kappa shape index (κ3) is 3.22. The van der Waals surface area contributed by atoms with Crippen LogP contribution in [0, 0.1) is 23.2 Å². The predicted octanol–water partition coefficient (Wildman–Crippen LogP) is 1.82. The first kappa shape index (κ1) is 16.2. The van der Waals surface area contributed by atoms with Crippen LogP contribution < -0.4 is 5.73 Å². The Morgan fingerprint density at radius 3 is 2.86 bits per heavy atom. The van der Waals surface area contributed by atoms with Crippen molar-refractivity contribution in [3.63, 3.8) is 0 Å². The molecule has 1 fully saturated rings. The van der Waals surface area contributed by atoms with Gasteiger partial charge in [0.2, 0.25) is 10.0 Å². The summed E-state index contributed by atoms with van der Waals surface area (Å²) in [7, 11) is -3.70. The zero-order valence-corrected chi connectivity index (χ0v) is 13.4. The molecule has 2 rings (SSSR count). The molecule has 21 heavy (non-hydrogen) atoms. The maximum atomic E-state index is 12.7. The molecule has 0 aliphatic carbocycles. The number of nitrogens with zero attached hydrogens (tertiary/aromatic N) is 2. The Morgan fingerprint density at radius 1 is 1.52 bits per heavy atom. The molecular formula is C14H18ClN3O2S. The van der Waals surface area contributed by atoms with Crippen molar-refractivity contribution in [2.24, 2.45) is 17.6 Å². The average Bonchev–Trinajstić information content (AvgIpc) is 2.47. The minimum absolute atomic E-state index is 0.00598. The van der Waals surface area contributed by atoms with Gasteiger partial charge in [-0.3, -0.25) is 0 Å². The molecule has 0 saturated carbocycles. The number of piperidine rings is 1. The molecule has 0 radical (unpaired) electrons. The largest absolute Gasteiger partial charge is 0.330 e. The maximum absolute atomic E-state index is 12.7. The molecule has 2 atom stereocenters. The minimum Gasteiger partial charge on any atom is -0.330 e. The Kier molecular flexibility index (Phi) is 4.89. The molecule has 0 spiro atoms. The topological polar surface area (TPSA) is 87.2 Å². The standard InChI is InChI=1S/C14H18ClN3O2S/c1-10-4-5-18(9-12(10)8-17)21(19,20)14-6-11(7-16)2-3-13(14)15/h2-3,6,10,12H,4-5,8-9,17H2,1H3. The summed E-state index contributed by atoms with van der Waals surface area (Å²) in [6, 6.07) is 6.21. The van der Waals surface area contributed by atoms with Gasteiger partial charge in [-0.1, -0.05) is 18.5 Å². The van der Waals surface area contributed by atoms with Crippen molar-refractivity contribution < 1.29 is 8.42 Å². The van der Waals surface area contributed by atoms with Crippen molar-refractivity contribution in [3.05, 3.63) is 28.8 Å². The van der Waals surface area contributed by atoms with E-state index < -0.39 is 10.0 Å². The van der Waals surface area contributed by atoms with Gasteiger partial charge < -0.3 is 5.73 Å². The first-order valence-electron chi connectivity index (χ1n) is 6.80. The lowest BCUT2D eigenvalue weighted by Gasteiger charge is -2.35. The fourth-order valence-corrected chi connectivity index (χ4v) is 4.56. The molecule has 1 saturated heterocycles. The lowest BCUT2D eigenvalue weighted by Crippen LogP contribution is -2.45. The van der Waals surface area contributed by atoms with Crippen LogP contribution >= 0.6 is 11.6 Å². The van der Waals surface area contributed by atoms with Gasteiger partial charge in [0.05, 0.1) is 16.7 Å². The molecule has 7 heteroatoms. The van der Waals surface area contributed by atoms with Gasteiger partial charge in [0, 0.05) is 13.1 Å². The predicted molar refractivity (Wildman–Crippen MR) is 81.3 cm³/mol. The average molecular weight is 328 g/mol. The van der Waals surface area contributed by atoms with Crippen molar-refractivity contribution in [1.82, 2.24) is 4.31 Å². The molecule has 114 valence electrons. The van der Waals surface area contributed by atoms with Crippen molar-refractivity contribution in [3.8, 4) is 6.07 Å². The molecule has 2 N–H and O–H groups in total. The van der Waals surface area contributed by atoms with Gasteiger partial charge in [-0.05, 0) is 43.0 Å². The van der Waals surface area contributed by atoms with Crippen LogP contribution in [-0.4, -0.2) is 32.4 Å². The van der Waals surface area contributed by atoms with Crippen molar-refractivity contribution in [2.75, 3.05) is 19.6 Å². The first-order chi connectivity index (χ1) is 9.90. The molecule has 0 aromatic heterocycles. The van der Waals surface area contributed by atoms with E-state index in [1.165, 1.54) is 22.5 Å². The van der Waals surface area contributed by atoms with E-state index in [0.29, 0.717) is 25.6 Å². The number of halogens is 1. The van der Waals surface area contributed by atoms with E-state index in [-0.39, 0.29) is 21.4 Å². The summed E-state index contributed by atoms with van der Waals surface area (Å²) in [5.41, 5.74) is 6.00. The summed E-state index contributed by atoms with van der Waals surface area (Å²) in [6.07, 6.45) is 0.774.